The lowest BCUT2D eigenvalue weighted by molar-refractivity contribution is -0.131. The first-order chi connectivity index (χ1) is 26.7. The molecule has 0 spiro atoms. The fourth-order valence-electron chi connectivity index (χ4n) is 6.65. The lowest BCUT2D eigenvalue weighted by atomic mass is 10.1. The Labute approximate surface area is 328 Å². The van der Waals surface area contributed by atoms with Crippen LogP contribution in [0.3, 0.4) is 0 Å². The molecule has 5 amide bonds. The van der Waals surface area contributed by atoms with Crippen LogP contribution in [0.15, 0.2) is 84.8 Å². The van der Waals surface area contributed by atoms with E-state index in [4.69, 9.17) is 19.4 Å². The Kier molecular flexibility index (Phi) is 10.5. The maximum Gasteiger partial charge on any atom is 0.426 e. The lowest BCUT2D eigenvalue weighted by Crippen LogP contribution is -2.59. The summed E-state index contributed by atoms with van der Waals surface area (Å²) in [6, 6.07) is 18.1. The second kappa shape index (κ2) is 15.2. The normalized spacial score (nSPS) is 21.8. The van der Waals surface area contributed by atoms with Gasteiger partial charge < -0.3 is 19.7 Å². The van der Waals surface area contributed by atoms with Crippen LogP contribution >= 0.6 is 11.3 Å². The Morgan fingerprint density at radius 2 is 1.71 bits per heavy atom. The summed E-state index contributed by atoms with van der Waals surface area (Å²) in [4.78, 5) is 67.4. The molecule has 294 valence electrons. The number of ether oxygens (including phenoxy) is 2. The zero-order chi connectivity index (χ0) is 39.8. The van der Waals surface area contributed by atoms with Crippen LogP contribution in [0.5, 0.6) is 5.88 Å². The van der Waals surface area contributed by atoms with E-state index in [1.165, 1.54) is 22.3 Å². The third kappa shape index (κ3) is 8.48. The number of nitrogens with one attached hydrogen (secondary N) is 3. The number of para-hydroxylation sites is 2. The largest absolute Gasteiger partial charge is 0.471 e. The van der Waals surface area contributed by atoms with E-state index in [-0.39, 0.29) is 31.8 Å². The van der Waals surface area contributed by atoms with E-state index in [2.05, 4.69) is 22.0 Å². The molecule has 3 fully saturated rings. The topological polar surface area (TPSA) is 189 Å². The molecule has 1 saturated heterocycles. The molecule has 0 radical (unpaired) electrons. The molecule has 2 saturated carbocycles. The average Bonchev–Trinajstić information content (AvgIpc) is 4.02. The fourth-order valence-corrected chi connectivity index (χ4v) is 8.72. The number of fused-ring (bicyclic) bond motifs is 1. The molecule has 3 aliphatic rings. The van der Waals surface area contributed by atoms with Crippen molar-refractivity contribution in [2.24, 2.45) is 5.92 Å². The summed E-state index contributed by atoms with van der Waals surface area (Å²) in [5.74, 6) is -1.93. The summed E-state index contributed by atoms with van der Waals surface area (Å²) in [5, 5.41) is 5.09. The summed E-state index contributed by atoms with van der Waals surface area (Å²) >= 11 is 1.45. The molecule has 56 heavy (non-hydrogen) atoms. The molecule has 1 aliphatic heterocycles. The van der Waals surface area contributed by atoms with Crippen LogP contribution in [0, 0.1) is 5.92 Å². The van der Waals surface area contributed by atoms with E-state index in [1.54, 1.807) is 51.1 Å². The highest BCUT2D eigenvalue weighted by molar-refractivity contribution is 7.91. The maximum atomic E-state index is 14.6. The number of benzene rings is 2. The predicted octanol–water partition coefficient (Wildman–Crippen LogP) is 4.91. The molecule has 17 heteroatoms. The van der Waals surface area contributed by atoms with Gasteiger partial charge in [-0.05, 0) is 69.2 Å². The molecule has 2 aromatic carbocycles. The third-order valence-corrected chi connectivity index (χ3v) is 12.4. The van der Waals surface area contributed by atoms with E-state index in [1.807, 2.05) is 41.8 Å². The fraction of sp³-hybridized carbons (Fsp3) is 0.385. The SMILES string of the molecule is C=C[C@@H]1CC1(NC(=O)[C@@H]1CC(Oc2nc3ccccc3nc2-c2cccs2)CN1C(=O)N(Cc1ccccc1)NC(=O)OC(C)(C)C)C(=O)NS(=O)(=O)C1CC1. The lowest BCUT2D eigenvalue weighted by Gasteiger charge is -2.32. The standard InChI is InChI=1S/C39H43N7O8S2/c1-5-25-21-39(25,35(48)44-56(51,52)27-17-18-27)42-33(47)30-20-26(53-34-32(31-16-11-19-55-31)40-28-14-9-10-15-29(28)41-34)23-45(30)37(50)46(22-24-12-7-6-8-13-24)43-36(49)54-38(2,3)4/h5-16,19,25-27,30H,1,17-18,20-23H2,2-4H3,(H,42,47)(H,43,49)(H,44,48)/t25-,26?,30+,39?/m1/s1. The minimum absolute atomic E-state index is 0.0433. The van der Waals surface area contributed by atoms with Crippen molar-refractivity contribution >= 4 is 56.3 Å². The first-order valence-electron chi connectivity index (χ1n) is 18.3. The number of hydrogen-bond acceptors (Lipinski definition) is 11. The monoisotopic (exact) mass is 801 g/mol. The van der Waals surface area contributed by atoms with Gasteiger partial charge in [0.25, 0.3) is 5.91 Å². The smallest absolute Gasteiger partial charge is 0.426 e. The summed E-state index contributed by atoms with van der Waals surface area (Å²) in [6.07, 6.45) is 0.758. The van der Waals surface area contributed by atoms with Crippen LogP contribution in [0.4, 0.5) is 9.59 Å². The molecule has 2 aliphatic carbocycles. The third-order valence-electron chi connectivity index (χ3n) is 9.67. The Bertz CT molecular complexity index is 2260. The van der Waals surface area contributed by atoms with E-state index >= 15 is 0 Å². The number of carbonyl (C=O) groups is 4. The predicted molar refractivity (Wildman–Crippen MR) is 208 cm³/mol. The van der Waals surface area contributed by atoms with Crippen molar-refractivity contribution in [3.63, 3.8) is 0 Å². The van der Waals surface area contributed by atoms with Crippen LogP contribution in [0.1, 0.15) is 52.0 Å². The van der Waals surface area contributed by atoms with Crippen LogP contribution in [0.2, 0.25) is 0 Å². The summed E-state index contributed by atoms with van der Waals surface area (Å²) in [7, 11) is -3.93. The number of hydrogen-bond donors (Lipinski definition) is 3. The maximum absolute atomic E-state index is 14.6. The van der Waals surface area contributed by atoms with Gasteiger partial charge in [-0.1, -0.05) is 54.6 Å². The van der Waals surface area contributed by atoms with Gasteiger partial charge in [-0.3, -0.25) is 14.3 Å². The molecule has 3 N–H and O–H groups in total. The number of aromatic nitrogens is 2. The minimum atomic E-state index is -3.93. The van der Waals surface area contributed by atoms with Crippen LogP contribution < -0.4 is 20.2 Å². The molecule has 3 heterocycles. The first kappa shape index (κ1) is 38.7. The summed E-state index contributed by atoms with van der Waals surface area (Å²) in [6.45, 7) is 8.64. The van der Waals surface area contributed by atoms with E-state index in [9.17, 15) is 27.6 Å². The van der Waals surface area contributed by atoms with Gasteiger partial charge in [0.05, 0.1) is 34.2 Å². The van der Waals surface area contributed by atoms with Crippen LogP contribution in [0.25, 0.3) is 21.6 Å². The van der Waals surface area contributed by atoms with E-state index in [0.717, 1.165) is 9.89 Å². The minimum Gasteiger partial charge on any atom is -0.471 e. The Hall–Kier alpha value is -5.55. The molecule has 2 unspecified atom stereocenters. The second-order valence-corrected chi connectivity index (χ2v) is 18.0. The van der Waals surface area contributed by atoms with Crippen molar-refractivity contribution in [1.29, 1.82) is 0 Å². The molecule has 0 bridgehead atoms. The molecule has 4 aromatic rings. The van der Waals surface area contributed by atoms with Crippen molar-refractivity contribution in [3.05, 3.63) is 90.3 Å². The number of likely N-dealkylation sites (tertiary alicyclic amines) is 1. The summed E-state index contributed by atoms with van der Waals surface area (Å²) in [5.41, 5.74) is 2.48. The zero-order valence-electron chi connectivity index (χ0n) is 31.1. The molecule has 15 nitrogen and oxygen atoms in total. The molecular weight excluding hydrogens is 759 g/mol. The molecule has 7 rings (SSSR count). The van der Waals surface area contributed by atoms with E-state index < -0.39 is 68.4 Å². The van der Waals surface area contributed by atoms with Gasteiger partial charge in [0, 0.05) is 12.3 Å². The molecular formula is C39H43N7O8S2. The van der Waals surface area contributed by atoms with Crippen molar-refractivity contribution < 1.29 is 37.1 Å². The van der Waals surface area contributed by atoms with Gasteiger partial charge in [-0.2, -0.15) is 0 Å². The summed E-state index contributed by atoms with van der Waals surface area (Å²) < 4.78 is 39.7. The van der Waals surface area contributed by atoms with E-state index in [0.29, 0.717) is 35.1 Å². The van der Waals surface area contributed by atoms with Crippen molar-refractivity contribution in [3.8, 4) is 16.5 Å². The highest BCUT2D eigenvalue weighted by Gasteiger charge is 2.62. The van der Waals surface area contributed by atoms with Crippen LogP contribution in [-0.2, 0) is 30.9 Å². The van der Waals surface area contributed by atoms with Gasteiger partial charge >= 0.3 is 12.1 Å². The van der Waals surface area contributed by atoms with Crippen LogP contribution in [-0.4, -0.2) is 87.3 Å². The number of rotatable bonds is 11. The molecule has 2 aromatic heterocycles. The second-order valence-electron chi connectivity index (χ2n) is 15.1. The van der Waals surface area contributed by atoms with Crippen molar-refractivity contribution in [2.45, 2.75) is 81.5 Å². The van der Waals surface area contributed by atoms with Crippen molar-refractivity contribution in [2.75, 3.05) is 6.54 Å². The number of sulfonamides is 1. The van der Waals surface area contributed by atoms with Gasteiger partial charge in [0.1, 0.15) is 29.0 Å². The van der Waals surface area contributed by atoms with Crippen molar-refractivity contribution in [1.82, 2.24) is 35.3 Å². The first-order valence-corrected chi connectivity index (χ1v) is 20.7. The van der Waals surface area contributed by atoms with Gasteiger partial charge in [0.15, 0.2) is 0 Å². The average molecular weight is 802 g/mol. The number of urea groups is 1. The molecule has 4 atom stereocenters. The highest BCUT2D eigenvalue weighted by atomic mass is 32.2. The van der Waals surface area contributed by atoms with Gasteiger partial charge in [0.2, 0.25) is 21.8 Å². The number of amides is 5. The number of nitrogens with zero attached hydrogens (tertiary/aromatic N) is 4. The van der Waals surface area contributed by atoms with Gasteiger partial charge in [-0.25, -0.2) is 38.4 Å². The Balaban J connectivity index is 1.21. The quantitative estimate of drug-likeness (QED) is 0.139. The highest BCUT2D eigenvalue weighted by Crippen LogP contribution is 2.45. The Morgan fingerprint density at radius 1 is 1.02 bits per heavy atom. The number of hydrazine groups is 1. The zero-order valence-corrected chi connectivity index (χ0v) is 32.8. The Morgan fingerprint density at radius 3 is 2.34 bits per heavy atom. The van der Waals surface area contributed by atoms with Gasteiger partial charge in [-0.15, -0.1) is 17.9 Å². The number of carbonyl (C=O) groups excluding carboxylic acids is 4. The number of thiophene rings is 1.